The van der Waals surface area contributed by atoms with Crippen LogP contribution < -0.4 is 15.6 Å². The summed E-state index contributed by atoms with van der Waals surface area (Å²) in [5.74, 6) is 1.27. The lowest BCUT2D eigenvalue weighted by Crippen LogP contribution is -2.20. The van der Waals surface area contributed by atoms with Gasteiger partial charge in [-0.3, -0.25) is 14.0 Å². The summed E-state index contributed by atoms with van der Waals surface area (Å²) < 4.78 is 12.9. The third-order valence-corrected chi connectivity index (χ3v) is 6.82. The molecule has 0 saturated carbocycles. The highest BCUT2D eigenvalue weighted by atomic mass is 16.5. The molecule has 1 atom stereocenters. The highest BCUT2D eigenvalue weighted by Gasteiger charge is 2.24. The van der Waals surface area contributed by atoms with Crippen molar-refractivity contribution in [2.45, 2.75) is 38.0 Å². The normalized spacial score (nSPS) is 18.5. The SMILES string of the molecule is COc1cc2c(cn1)NC(=O)c1cc3[nH]c(=O)c4cnc(C5CCCOC5)n4c3cc1CCC2. The minimum atomic E-state index is -0.229. The van der Waals surface area contributed by atoms with Gasteiger partial charge in [0.15, 0.2) is 0 Å². The molecule has 9 heteroatoms. The number of carbonyl (C=O) groups excluding carboxylic acids is 1. The number of benzene rings is 1. The van der Waals surface area contributed by atoms with Crippen molar-refractivity contribution in [2.75, 3.05) is 25.6 Å². The molecular weight excluding hydrogens is 434 g/mol. The van der Waals surface area contributed by atoms with Crippen LogP contribution in [0.5, 0.6) is 5.88 Å². The Morgan fingerprint density at radius 1 is 1.06 bits per heavy atom. The van der Waals surface area contributed by atoms with Gasteiger partial charge >= 0.3 is 0 Å². The number of hydrogen-bond acceptors (Lipinski definition) is 6. The van der Waals surface area contributed by atoms with Crippen LogP contribution in [0.3, 0.4) is 0 Å². The van der Waals surface area contributed by atoms with E-state index in [1.807, 2.05) is 16.5 Å². The van der Waals surface area contributed by atoms with Gasteiger partial charge in [0.25, 0.3) is 11.5 Å². The lowest BCUT2D eigenvalue weighted by atomic mass is 9.99. The van der Waals surface area contributed by atoms with Crippen molar-refractivity contribution in [2.24, 2.45) is 0 Å². The Kier molecular flexibility index (Phi) is 5.06. The Hall–Kier alpha value is -3.72. The molecule has 4 aromatic rings. The van der Waals surface area contributed by atoms with Gasteiger partial charge in [-0.1, -0.05) is 0 Å². The third kappa shape index (κ3) is 3.43. The van der Waals surface area contributed by atoms with Crippen LogP contribution in [0.1, 0.15) is 52.5 Å². The van der Waals surface area contributed by atoms with Gasteiger partial charge in [0.2, 0.25) is 5.88 Å². The van der Waals surface area contributed by atoms with Gasteiger partial charge in [-0.25, -0.2) is 9.97 Å². The van der Waals surface area contributed by atoms with Crippen LogP contribution >= 0.6 is 0 Å². The standard InChI is InChI=1S/C25H25N5O4/c1-33-22-9-15-5-2-4-14-8-20-18(10-17(14)24(31)29-19(15)11-26-22)28-25(32)21-12-27-23(30(20)21)16-6-3-7-34-13-16/h8-12,16H,2-7,13H2,1H3,(H,28,32)(H,29,31). The maximum Gasteiger partial charge on any atom is 0.274 e. The monoisotopic (exact) mass is 459 g/mol. The van der Waals surface area contributed by atoms with Crippen molar-refractivity contribution in [1.82, 2.24) is 19.4 Å². The molecule has 0 bridgehead atoms. The van der Waals surface area contributed by atoms with E-state index >= 15 is 0 Å². The predicted octanol–water partition coefficient (Wildman–Crippen LogP) is 3.21. The van der Waals surface area contributed by atoms with Crippen molar-refractivity contribution < 1.29 is 14.3 Å². The van der Waals surface area contributed by atoms with E-state index in [0.29, 0.717) is 34.8 Å². The smallest absolute Gasteiger partial charge is 0.274 e. The van der Waals surface area contributed by atoms with Gasteiger partial charge < -0.3 is 19.8 Å². The molecule has 1 amide bonds. The zero-order chi connectivity index (χ0) is 23.2. The number of rotatable bonds is 2. The minimum absolute atomic E-state index is 0.131. The second-order valence-corrected chi connectivity index (χ2v) is 8.92. The molecule has 2 aliphatic heterocycles. The quantitative estimate of drug-likeness (QED) is 0.476. The van der Waals surface area contributed by atoms with E-state index in [1.165, 1.54) is 0 Å². The first-order valence-electron chi connectivity index (χ1n) is 11.6. The lowest BCUT2D eigenvalue weighted by molar-refractivity contribution is 0.0780. The Morgan fingerprint density at radius 2 is 1.94 bits per heavy atom. The first kappa shape index (κ1) is 20.9. The lowest BCUT2D eigenvalue weighted by Gasteiger charge is -2.21. The van der Waals surface area contributed by atoms with Crippen molar-refractivity contribution in [3.8, 4) is 5.88 Å². The number of ether oxygens (including phenoxy) is 2. The van der Waals surface area contributed by atoms with Crippen LogP contribution in [-0.4, -0.2) is 45.6 Å². The van der Waals surface area contributed by atoms with Crippen molar-refractivity contribution in [3.05, 3.63) is 63.5 Å². The maximum atomic E-state index is 13.3. The molecule has 0 aliphatic carbocycles. The Labute approximate surface area is 195 Å². The molecule has 1 saturated heterocycles. The molecule has 1 aromatic carbocycles. The number of imidazole rings is 1. The van der Waals surface area contributed by atoms with Crippen LogP contribution in [0, 0.1) is 0 Å². The summed E-state index contributed by atoms with van der Waals surface area (Å²) in [6.07, 6.45) is 7.56. The minimum Gasteiger partial charge on any atom is -0.481 e. The number of aryl methyl sites for hydroxylation is 2. The van der Waals surface area contributed by atoms with E-state index in [-0.39, 0.29) is 17.4 Å². The third-order valence-electron chi connectivity index (χ3n) is 6.82. The Bertz CT molecular complexity index is 1480. The van der Waals surface area contributed by atoms with Crippen LogP contribution in [0.4, 0.5) is 5.69 Å². The largest absolute Gasteiger partial charge is 0.481 e. The number of anilines is 1. The average molecular weight is 460 g/mol. The molecule has 9 nitrogen and oxygen atoms in total. The molecule has 3 aromatic heterocycles. The summed E-state index contributed by atoms with van der Waals surface area (Å²) in [6.45, 7) is 1.35. The molecule has 2 aliphatic rings. The Balaban J connectivity index is 1.50. The fraction of sp³-hybridized carbons (Fsp3) is 0.360. The average Bonchev–Trinajstić information content (AvgIpc) is 3.33. The van der Waals surface area contributed by atoms with Gasteiger partial charge in [0, 0.05) is 24.2 Å². The first-order valence-corrected chi connectivity index (χ1v) is 11.6. The molecule has 1 fully saturated rings. The number of nitrogens with one attached hydrogen (secondary N) is 2. The zero-order valence-corrected chi connectivity index (χ0v) is 18.9. The number of hydrogen-bond donors (Lipinski definition) is 2. The number of carbonyl (C=O) groups is 1. The number of pyridine rings is 1. The van der Waals surface area contributed by atoms with Crippen LogP contribution in [0.25, 0.3) is 16.6 Å². The number of aromatic nitrogens is 4. The number of nitrogens with zero attached hydrogens (tertiary/aromatic N) is 3. The zero-order valence-electron chi connectivity index (χ0n) is 18.9. The number of aromatic amines is 1. The molecule has 2 N–H and O–H groups in total. The molecule has 34 heavy (non-hydrogen) atoms. The predicted molar refractivity (Wildman–Crippen MR) is 127 cm³/mol. The van der Waals surface area contributed by atoms with Crippen molar-refractivity contribution in [3.63, 3.8) is 0 Å². The van der Waals surface area contributed by atoms with E-state index in [0.717, 1.165) is 61.2 Å². The molecule has 0 radical (unpaired) electrons. The number of fused-ring (bicyclic) bond motifs is 5. The maximum absolute atomic E-state index is 13.3. The molecule has 5 heterocycles. The van der Waals surface area contributed by atoms with E-state index in [9.17, 15) is 9.59 Å². The van der Waals surface area contributed by atoms with Crippen LogP contribution in [-0.2, 0) is 17.6 Å². The molecule has 174 valence electrons. The Morgan fingerprint density at radius 3 is 2.76 bits per heavy atom. The van der Waals surface area contributed by atoms with Gasteiger partial charge in [-0.15, -0.1) is 0 Å². The van der Waals surface area contributed by atoms with E-state index < -0.39 is 0 Å². The number of amides is 1. The van der Waals surface area contributed by atoms with Crippen LogP contribution in [0.2, 0.25) is 0 Å². The summed E-state index contributed by atoms with van der Waals surface area (Å²) >= 11 is 0. The summed E-state index contributed by atoms with van der Waals surface area (Å²) in [4.78, 5) is 38.0. The van der Waals surface area contributed by atoms with Gasteiger partial charge in [0.1, 0.15) is 11.3 Å². The number of H-pyrrole nitrogens is 1. The second kappa shape index (κ2) is 8.25. The molecule has 0 spiro atoms. The second-order valence-electron chi connectivity index (χ2n) is 8.92. The van der Waals surface area contributed by atoms with E-state index in [1.54, 1.807) is 25.6 Å². The molecule has 1 unspecified atom stereocenters. The van der Waals surface area contributed by atoms with Gasteiger partial charge in [-0.05, 0) is 55.4 Å². The molecular formula is C25H25N5O4. The fourth-order valence-corrected chi connectivity index (χ4v) is 5.10. The van der Waals surface area contributed by atoms with E-state index in [2.05, 4.69) is 20.3 Å². The van der Waals surface area contributed by atoms with Gasteiger partial charge in [-0.2, -0.15) is 0 Å². The summed E-state index contributed by atoms with van der Waals surface area (Å²) in [7, 11) is 1.58. The fourth-order valence-electron chi connectivity index (χ4n) is 5.10. The highest BCUT2D eigenvalue weighted by Crippen LogP contribution is 2.30. The highest BCUT2D eigenvalue weighted by molar-refractivity contribution is 6.07. The van der Waals surface area contributed by atoms with E-state index in [4.69, 9.17) is 9.47 Å². The molecule has 6 rings (SSSR count). The topological polar surface area (TPSA) is 111 Å². The first-order chi connectivity index (χ1) is 16.6. The van der Waals surface area contributed by atoms with Crippen LogP contribution in [0.15, 0.2) is 35.4 Å². The number of methoxy groups -OCH3 is 1. The van der Waals surface area contributed by atoms with Crippen molar-refractivity contribution in [1.29, 1.82) is 0 Å². The van der Waals surface area contributed by atoms with Crippen molar-refractivity contribution >= 4 is 28.1 Å². The summed E-state index contributed by atoms with van der Waals surface area (Å²) in [6, 6.07) is 5.67. The summed E-state index contributed by atoms with van der Waals surface area (Å²) in [5, 5.41) is 3.00. The summed E-state index contributed by atoms with van der Waals surface area (Å²) in [5.41, 5.74) is 4.88. The van der Waals surface area contributed by atoms with Gasteiger partial charge in [0.05, 0.1) is 42.8 Å².